The number of anilines is 1. The number of carboxylic acid groups (broad SMARTS) is 1. The fourth-order valence-corrected chi connectivity index (χ4v) is 1.82. The smallest absolute Gasteiger partial charge is 0.339 e. The predicted octanol–water partition coefficient (Wildman–Crippen LogP) is 2.71. The van der Waals surface area contributed by atoms with E-state index in [0.29, 0.717) is 12.2 Å². The average Bonchev–Trinajstić information content (AvgIpc) is 2.45. The Morgan fingerprint density at radius 2 is 2.05 bits per heavy atom. The summed E-state index contributed by atoms with van der Waals surface area (Å²) < 4.78 is 5.09. The number of pyridine rings is 1. The van der Waals surface area contributed by atoms with Crippen LogP contribution in [0.4, 0.5) is 5.69 Å². The SMILES string of the molecule is COc1ccc(CNc2cc(C)ncc2C(=O)O)cc1. The molecule has 2 N–H and O–H groups in total. The van der Waals surface area contributed by atoms with E-state index in [1.165, 1.54) is 6.20 Å². The Hall–Kier alpha value is -2.56. The van der Waals surface area contributed by atoms with Gasteiger partial charge in [-0.1, -0.05) is 12.1 Å². The Balaban J connectivity index is 2.13. The number of aryl methyl sites for hydroxylation is 1. The van der Waals surface area contributed by atoms with Gasteiger partial charge in [0.1, 0.15) is 11.3 Å². The summed E-state index contributed by atoms with van der Waals surface area (Å²) in [5, 5.41) is 12.3. The van der Waals surface area contributed by atoms with Crippen LogP contribution in [0.1, 0.15) is 21.6 Å². The number of carbonyl (C=O) groups is 1. The summed E-state index contributed by atoms with van der Waals surface area (Å²) in [7, 11) is 1.62. The van der Waals surface area contributed by atoms with E-state index in [1.54, 1.807) is 13.2 Å². The highest BCUT2D eigenvalue weighted by Crippen LogP contribution is 2.18. The van der Waals surface area contributed by atoms with Crippen molar-refractivity contribution in [1.29, 1.82) is 0 Å². The van der Waals surface area contributed by atoms with E-state index in [4.69, 9.17) is 9.84 Å². The van der Waals surface area contributed by atoms with Crippen molar-refractivity contribution in [2.75, 3.05) is 12.4 Å². The zero-order valence-electron chi connectivity index (χ0n) is 11.4. The van der Waals surface area contributed by atoms with Crippen molar-refractivity contribution in [2.24, 2.45) is 0 Å². The largest absolute Gasteiger partial charge is 0.497 e. The number of hydrogen-bond donors (Lipinski definition) is 2. The summed E-state index contributed by atoms with van der Waals surface area (Å²) in [5.74, 6) is -0.200. The molecule has 0 unspecified atom stereocenters. The maximum atomic E-state index is 11.1. The highest BCUT2D eigenvalue weighted by atomic mass is 16.5. The number of ether oxygens (including phenoxy) is 1. The molecule has 1 heterocycles. The lowest BCUT2D eigenvalue weighted by Gasteiger charge is -2.10. The van der Waals surface area contributed by atoms with E-state index < -0.39 is 5.97 Å². The lowest BCUT2D eigenvalue weighted by Crippen LogP contribution is -2.07. The van der Waals surface area contributed by atoms with Crippen LogP contribution in [0.3, 0.4) is 0 Å². The molecule has 0 atom stereocenters. The molecule has 20 heavy (non-hydrogen) atoms. The van der Waals surface area contributed by atoms with Crippen molar-refractivity contribution in [1.82, 2.24) is 4.98 Å². The Morgan fingerprint density at radius 1 is 1.35 bits per heavy atom. The summed E-state index contributed by atoms with van der Waals surface area (Å²) in [6.45, 7) is 2.36. The second-order valence-corrected chi connectivity index (χ2v) is 4.38. The van der Waals surface area contributed by atoms with Crippen LogP contribution in [0.2, 0.25) is 0 Å². The number of nitrogens with one attached hydrogen (secondary N) is 1. The Bertz CT molecular complexity index is 609. The number of nitrogens with zero attached hydrogens (tertiary/aromatic N) is 1. The van der Waals surface area contributed by atoms with Crippen LogP contribution in [-0.4, -0.2) is 23.2 Å². The van der Waals surface area contributed by atoms with Gasteiger partial charge in [-0.05, 0) is 30.7 Å². The normalized spacial score (nSPS) is 10.1. The van der Waals surface area contributed by atoms with Gasteiger partial charge >= 0.3 is 5.97 Å². The average molecular weight is 272 g/mol. The molecule has 0 radical (unpaired) electrons. The van der Waals surface area contributed by atoms with Crippen LogP contribution < -0.4 is 10.1 Å². The lowest BCUT2D eigenvalue weighted by atomic mass is 10.2. The Kier molecular flexibility index (Phi) is 4.20. The molecule has 0 aliphatic heterocycles. The summed E-state index contributed by atoms with van der Waals surface area (Å²) in [6.07, 6.45) is 1.37. The van der Waals surface area contributed by atoms with Gasteiger partial charge in [-0.25, -0.2) is 4.79 Å². The van der Waals surface area contributed by atoms with Gasteiger partial charge in [0.2, 0.25) is 0 Å². The van der Waals surface area contributed by atoms with Crippen LogP contribution in [0.25, 0.3) is 0 Å². The van der Waals surface area contributed by atoms with Gasteiger partial charge in [-0.3, -0.25) is 4.98 Å². The van der Waals surface area contributed by atoms with Crippen molar-refractivity contribution < 1.29 is 14.6 Å². The van der Waals surface area contributed by atoms with E-state index in [9.17, 15) is 4.79 Å². The molecule has 2 aromatic rings. The van der Waals surface area contributed by atoms with Gasteiger partial charge in [0.15, 0.2) is 0 Å². The van der Waals surface area contributed by atoms with Crippen LogP contribution in [0.5, 0.6) is 5.75 Å². The summed E-state index contributed by atoms with van der Waals surface area (Å²) in [5.41, 5.74) is 2.55. The van der Waals surface area contributed by atoms with Gasteiger partial charge in [-0.2, -0.15) is 0 Å². The minimum Gasteiger partial charge on any atom is -0.497 e. The van der Waals surface area contributed by atoms with Gasteiger partial charge in [0, 0.05) is 18.4 Å². The van der Waals surface area contributed by atoms with Crippen LogP contribution in [-0.2, 0) is 6.54 Å². The molecule has 104 valence electrons. The number of aromatic carboxylic acids is 1. The van der Waals surface area contributed by atoms with E-state index in [0.717, 1.165) is 17.0 Å². The van der Waals surface area contributed by atoms with Gasteiger partial charge in [-0.15, -0.1) is 0 Å². The number of benzene rings is 1. The lowest BCUT2D eigenvalue weighted by molar-refractivity contribution is 0.0697. The minimum absolute atomic E-state index is 0.170. The fourth-order valence-electron chi connectivity index (χ4n) is 1.82. The summed E-state index contributed by atoms with van der Waals surface area (Å²) in [6, 6.07) is 9.33. The standard InChI is InChI=1S/C15H16N2O3/c1-10-7-14(13(9-16-10)15(18)19)17-8-11-3-5-12(20-2)6-4-11/h3-7,9H,8H2,1-2H3,(H,16,17)(H,18,19). The molecule has 0 aliphatic carbocycles. The van der Waals surface area contributed by atoms with Crippen molar-refractivity contribution in [3.8, 4) is 5.75 Å². The third-order valence-electron chi connectivity index (χ3n) is 2.91. The topological polar surface area (TPSA) is 71.5 Å². The number of rotatable bonds is 5. The predicted molar refractivity (Wildman–Crippen MR) is 76.3 cm³/mol. The number of aromatic nitrogens is 1. The van der Waals surface area contributed by atoms with Crippen molar-refractivity contribution >= 4 is 11.7 Å². The summed E-state index contributed by atoms with van der Waals surface area (Å²) in [4.78, 5) is 15.1. The first kappa shape index (κ1) is 13.9. The molecule has 1 aromatic carbocycles. The highest BCUT2D eigenvalue weighted by molar-refractivity contribution is 5.93. The third-order valence-corrected chi connectivity index (χ3v) is 2.91. The zero-order chi connectivity index (χ0) is 14.5. The van der Waals surface area contributed by atoms with Gasteiger partial charge in [0.05, 0.1) is 12.8 Å². The monoisotopic (exact) mass is 272 g/mol. The van der Waals surface area contributed by atoms with Gasteiger partial charge < -0.3 is 15.2 Å². The molecule has 5 nitrogen and oxygen atoms in total. The third kappa shape index (κ3) is 3.26. The Morgan fingerprint density at radius 3 is 2.65 bits per heavy atom. The second kappa shape index (κ2) is 6.06. The van der Waals surface area contributed by atoms with E-state index in [-0.39, 0.29) is 5.56 Å². The maximum Gasteiger partial charge on any atom is 0.339 e. The van der Waals surface area contributed by atoms with Crippen molar-refractivity contribution in [2.45, 2.75) is 13.5 Å². The molecule has 0 saturated heterocycles. The molecule has 0 fully saturated rings. The number of methoxy groups -OCH3 is 1. The van der Waals surface area contributed by atoms with E-state index >= 15 is 0 Å². The van der Waals surface area contributed by atoms with E-state index in [2.05, 4.69) is 10.3 Å². The Labute approximate surface area is 117 Å². The second-order valence-electron chi connectivity index (χ2n) is 4.38. The van der Waals surface area contributed by atoms with E-state index in [1.807, 2.05) is 31.2 Å². The maximum absolute atomic E-state index is 11.1. The molecule has 1 aromatic heterocycles. The first-order chi connectivity index (χ1) is 9.60. The minimum atomic E-state index is -0.991. The molecule has 2 rings (SSSR count). The van der Waals surface area contributed by atoms with Crippen LogP contribution in [0, 0.1) is 6.92 Å². The molecular formula is C15H16N2O3. The zero-order valence-corrected chi connectivity index (χ0v) is 11.4. The molecule has 0 amide bonds. The molecule has 0 bridgehead atoms. The number of carboxylic acids is 1. The highest BCUT2D eigenvalue weighted by Gasteiger charge is 2.10. The number of hydrogen-bond acceptors (Lipinski definition) is 4. The van der Waals surface area contributed by atoms with Crippen LogP contribution >= 0.6 is 0 Å². The van der Waals surface area contributed by atoms with Crippen molar-refractivity contribution in [3.05, 3.63) is 53.3 Å². The van der Waals surface area contributed by atoms with Gasteiger partial charge in [0.25, 0.3) is 0 Å². The quantitative estimate of drug-likeness (QED) is 0.875. The van der Waals surface area contributed by atoms with Crippen molar-refractivity contribution in [3.63, 3.8) is 0 Å². The first-order valence-electron chi connectivity index (χ1n) is 6.17. The molecular weight excluding hydrogens is 256 g/mol. The van der Waals surface area contributed by atoms with Crippen LogP contribution in [0.15, 0.2) is 36.5 Å². The molecule has 0 aliphatic rings. The molecule has 0 saturated carbocycles. The molecule has 0 spiro atoms. The fraction of sp³-hybridized carbons (Fsp3) is 0.200. The first-order valence-corrected chi connectivity index (χ1v) is 6.17. The molecule has 5 heteroatoms. The summed E-state index contributed by atoms with van der Waals surface area (Å²) >= 11 is 0.